The van der Waals surface area contributed by atoms with Gasteiger partial charge in [-0.15, -0.1) is 11.3 Å². The predicted molar refractivity (Wildman–Crippen MR) is 99.8 cm³/mol. The van der Waals surface area contributed by atoms with E-state index in [1.807, 2.05) is 36.4 Å². The molecule has 8 heteroatoms. The summed E-state index contributed by atoms with van der Waals surface area (Å²) in [5.41, 5.74) is 0.0242. The molecule has 4 atom stereocenters. The Kier molecular flexibility index (Phi) is 3.60. The summed E-state index contributed by atoms with van der Waals surface area (Å²) in [6.45, 7) is 0.400. The lowest BCUT2D eigenvalue weighted by molar-refractivity contribution is -0.128. The molecule has 2 aromatic rings. The lowest BCUT2D eigenvalue weighted by Gasteiger charge is -2.22. The monoisotopic (exact) mass is 383 g/mol. The van der Waals surface area contributed by atoms with E-state index in [-0.39, 0.29) is 17.9 Å². The summed E-state index contributed by atoms with van der Waals surface area (Å²) in [5.74, 6) is -0.687. The number of methoxy groups -OCH3 is 1. The van der Waals surface area contributed by atoms with Gasteiger partial charge in [-0.05, 0) is 24.3 Å². The highest BCUT2D eigenvalue weighted by atomic mass is 32.1. The third-order valence-electron chi connectivity index (χ3n) is 5.45. The largest absolute Gasteiger partial charge is 0.497 e. The van der Waals surface area contributed by atoms with E-state index >= 15 is 0 Å². The normalized spacial score (nSPS) is 30.6. The van der Waals surface area contributed by atoms with Crippen molar-refractivity contribution in [3.8, 4) is 5.75 Å². The number of rotatable bonds is 4. The Morgan fingerprint density at radius 2 is 2.22 bits per heavy atom. The van der Waals surface area contributed by atoms with E-state index in [0.29, 0.717) is 11.7 Å². The van der Waals surface area contributed by atoms with E-state index < -0.39 is 17.4 Å². The molecule has 1 aromatic heterocycles. The zero-order valence-corrected chi connectivity index (χ0v) is 15.3. The molecule has 2 bridgehead atoms. The first-order valence-electron chi connectivity index (χ1n) is 8.64. The van der Waals surface area contributed by atoms with Gasteiger partial charge in [0.25, 0.3) is 0 Å². The zero-order valence-electron chi connectivity index (χ0n) is 14.5. The molecule has 1 N–H and O–H groups in total. The molecule has 7 nitrogen and oxygen atoms in total. The van der Waals surface area contributed by atoms with Crippen LogP contribution in [0.5, 0.6) is 5.75 Å². The van der Waals surface area contributed by atoms with Crippen LogP contribution in [0, 0.1) is 11.8 Å². The smallest absolute Gasteiger partial charge is 0.234 e. The Balaban J connectivity index is 1.44. The maximum atomic E-state index is 13.2. The fourth-order valence-electron chi connectivity index (χ4n) is 4.25. The predicted octanol–water partition coefficient (Wildman–Crippen LogP) is 2.08. The van der Waals surface area contributed by atoms with Crippen molar-refractivity contribution < 1.29 is 19.1 Å². The zero-order chi connectivity index (χ0) is 18.6. The summed E-state index contributed by atoms with van der Waals surface area (Å²) < 4.78 is 11.3. The molecule has 2 fully saturated rings. The average molecular weight is 383 g/mol. The molecule has 0 saturated carbocycles. The van der Waals surface area contributed by atoms with Gasteiger partial charge in [0, 0.05) is 17.3 Å². The lowest BCUT2D eigenvalue weighted by atomic mass is 9.77. The number of nitrogens with zero attached hydrogens (tertiary/aromatic N) is 2. The Labute approximate surface area is 159 Å². The second kappa shape index (κ2) is 5.90. The number of anilines is 2. The van der Waals surface area contributed by atoms with Crippen molar-refractivity contribution in [3.05, 3.63) is 48.0 Å². The summed E-state index contributed by atoms with van der Waals surface area (Å²) >= 11 is 1.35. The van der Waals surface area contributed by atoms with Crippen LogP contribution in [0.1, 0.15) is 0 Å². The molecule has 138 valence electrons. The van der Waals surface area contributed by atoms with E-state index in [9.17, 15) is 9.59 Å². The first kappa shape index (κ1) is 16.5. The molecular weight excluding hydrogens is 366 g/mol. The van der Waals surface area contributed by atoms with Gasteiger partial charge in [0.15, 0.2) is 5.13 Å². The standard InChI is InChI=1S/C19H17N3O4S/c1-25-12-4-2-11(3-5-12)22-10-19-7-6-13(26-19)14(15(19)17(22)24)16(23)21-18-20-8-9-27-18/h2-9,13-15H,10H2,1H3,(H,20,21,23)/t13-,14-,15-,19-/m0/s1. The summed E-state index contributed by atoms with van der Waals surface area (Å²) in [5, 5.41) is 5.13. The van der Waals surface area contributed by atoms with Crippen LogP contribution in [0.15, 0.2) is 48.0 Å². The summed E-state index contributed by atoms with van der Waals surface area (Å²) in [6, 6.07) is 7.31. The van der Waals surface area contributed by atoms with Gasteiger partial charge in [0.2, 0.25) is 11.8 Å². The highest BCUT2D eigenvalue weighted by molar-refractivity contribution is 7.13. The van der Waals surface area contributed by atoms with E-state index in [0.717, 1.165) is 11.4 Å². The SMILES string of the molecule is COc1ccc(N2C[C@]34C=C[C@H](O3)[C@H](C(=O)Nc3nccs3)[C@H]4C2=O)cc1. The van der Waals surface area contributed by atoms with E-state index in [4.69, 9.17) is 9.47 Å². The molecule has 1 aromatic carbocycles. The van der Waals surface area contributed by atoms with Gasteiger partial charge >= 0.3 is 0 Å². The van der Waals surface area contributed by atoms with Crippen molar-refractivity contribution in [2.24, 2.45) is 11.8 Å². The number of amides is 2. The van der Waals surface area contributed by atoms with Gasteiger partial charge in [-0.1, -0.05) is 12.2 Å². The van der Waals surface area contributed by atoms with Gasteiger partial charge in [0.05, 0.1) is 31.6 Å². The third kappa shape index (κ3) is 2.40. The van der Waals surface area contributed by atoms with Crippen LogP contribution in [0.25, 0.3) is 0 Å². The van der Waals surface area contributed by atoms with E-state index in [1.54, 1.807) is 23.6 Å². The minimum Gasteiger partial charge on any atom is -0.497 e. The number of nitrogens with one attached hydrogen (secondary N) is 1. The molecule has 5 rings (SSSR count). The van der Waals surface area contributed by atoms with Crippen molar-refractivity contribution in [3.63, 3.8) is 0 Å². The highest BCUT2D eigenvalue weighted by Crippen LogP contribution is 2.52. The molecule has 0 radical (unpaired) electrons. The second-order valence-electron chi connectivity index (χ2n) is 6.85. The quantitative estimate of drug-likeness (QED) is 0.818. The van der Waals surface area contributed by atoms with Crippen LogP contribution in [0.4, 0.5) is 10.8 Å². The van der Waals surface area contributed by atoms with Crippen molar-refractivity contribution in [1.29, 1.82) is 0 Å². The van der Waals surface area contributed by atoms with Crippen LogP contribution in [-0.2, 0) is 14.3 Å². The van der Waals surface area contributed by atoms with Gasteiger partial charge in [-0.3, -0.25) is 9.59 Å². The Morgan fingerprint density at radius 3 is 2.93 bits per heavy atom. The van der Waals surface area contributed by atoms with E-state index in [1.165, 1.54) is 11.3 Å². The van der Waals surface area contributed by atoms with E-state index in [2.05, 4.69) is 10.3 Å². The van der Waals surface area contributed by atoms with Crippen LogP contribution in [0.3, 0.4) is 0 Å². The number of hydrogen-bond acceptors (Lipinski definition) is 6. The van der Waals surface area contributed by atoms with Gasteiger partial charge in [-0.25, -0.2) is 4.98 Å². The summed E-state index contributed by atoms with van der Waals surface area (Å²) in [7, 11) is 1.60. The Morgan fingerprint density at radius 1 is 1.41 bits per heavy atom. The third-order valence-corrected chi connectivity index (χ3v) is 6.14. The fraction of sp³-hybridized carbons (Fsp3) is 0.316. The number of carbonyl (C=O) groups is 2. The van der Waals surface area contributed by atoms with Crippen LogP contribution >= 0.6 is 11.3 Å². The van der Waals surface area contributed by atoms with Gasteiger partial charge in [-0.2, -0.15) is 0 Å². The molecule has 3 aliphatic heterocycles. The Hall–Kier alpha value is -2.71. The van der Waals surface area contributed by atoms with Crippen LogP contribution in [0.2, 0.25) is 0 Å². The van der Waals surface area contributed by atoms with Crippen LogP contribution < -0.4 is 15.0 Å². The molecule has 1 spiro atoms. The molecule has 3 aliphatic rings. The van der Waals surface area contributed by atoms with Crippen molar-refractivity contribution in [2.45, 2.75) is 11.7 Å². The summed E-state index contributed by atoms with van der Waals surface area (Å²) in [4.78, 5) is 31.9. The van der Waals surface area contributed by atoms with Gasteiger partial charge in [0.1, 0.15) is 11.4 Å². The minimum absolute atomic E-state index is 0.0914. The molecule has 2 amide bonds. The molecule has 2 saturated heterocycles. The number of aromatic nitrogens is 1. The number of hydrogen-bond donors (Lipinski definition) is 1. The summed E-state index contributed by atoms with van der Waals surface area (Å²) in [6.07, 6.45) is 5.09. The second-order valence-corrected chi connectivity index (χ2v) is 7.74. The first-order valence-corrected chi connectivity index (χ1v) is 9.52. The highest BCUT2D eigenvalue weighted by Gasteiger charge is 2.67. The number of ether oxygens (including phenoxy) is 2. The molecular formula is C19H17N3O4S. The maximum absolute atomic E-state index is 13.2. The lowest BCUT2D eigenvalue weighted by Crippen LogP contribution is -2.41. The minimum atomic E-state index is -0.743. The van der Waals surface area contributed by atoms with Crippen molar-refractivity contribution in [1.82, 2.24) is 4.98 Å². The maximum Gasteiger partial charge on any atom is 0.234 e. The van der Waals surface area contributed by atoms with Crippen molar-refractivity contribution >= 4 is 34.0 Å². The number of fused-ring (bicyclic) bond motifs is 1. The average Bonchev–Trinajstić information content (AvgIpc) is 3.44. The molecule has 27 heavy (non-hydrogen) atoms. The fourth-order valence-corrected chi connectivity index (χ4v) is 4.78. The number of carbonyl (C=O) groups excluding carboxylic acids is 2. The topological polar surface area (TPSA) is 80.8 Å². The van der Waals surface area contributed by atoms with Crippen LogP contribution in [-0.4, -0.2) is 42.2 Å². The number of benzene rings is 1. The molecule has 0 unspecified atom stereocenters. The number of thiazole rings is 1. The van der Waals surface area contributed by atoms with Crippen molar-refractivity contribution in [2.75, 3.05) is 23.9 Å². The Bertz CT molecular complexity index is 927. The van der Waals surface area contributed by atoms with Gasteiger partial charge < -0.3 is 19.7 Å². The first-order chi connectivity index (χ1) is 13.1. The molecule has 4 heterocycles. The molecule has 0 aliphatic carbocycles.